The van der Waals surface area contributed by atoms with E-state index in [9.17, 15) is 4.79 Å². The van der Waals surface area contributed by atoms with Crippen molar-refractivity contribution < 1.29 is 9.53 Å². The third kappa shape index (κ3) is 4.44. The van der Waals surface area contributed by atoms with E-state index in [2.05, 4.69) is 5.32 Å². The van der Waals surface area contributed by atoms with E-state index in [1.165, 1.54) is 0 Å². The Hall–Kier alpha value is -1.55. The van der Waals surface area contributed by atoms with Gasteiger partial charge in [-0.1, -0.05) is 19.1 Å². The molecule has 0 aliphatic heterocycles. The minimum atomic E-state index is -0.125. The van der Waals surface area contributed by atoms with Crippen molar-refractivity contribution in [3.63, 3.8) is 0 Å². The summed E-state index contributed by atoms with van der Waals surface area (Å²) in [5, 5.41) is 2.86. The Morgan fingerprint density at radius 1 is 1.53 bits per heavy atom. The molecule has 1 rings (SSSR count). The van der Waals surface area contributed by atoms with Crippen LogP contribution in [0.5, 0.6) is 5.75 Å². The van der Waals surface area contributed by atoms with Crippen LogP contribution in [0.4, 0.5) is 0 Å². The molecule has 0 fully saturated rings. The van der Waals surface area contributed by atoms with Crippen molar-refractivity contribution in [3.8, 4) is 5.75 Å². The number of amides is 1. The molecule has 94 valence electrons. The average molecular weight is 236 g/mol. The summed E-state index contributed by atoms with van der Waals surface area (Å²) in [5.41, 5.74) is 6.56. The van der Waals surface area contributed by atoms with E-state index in [-0.39, 0.29) is 11.8 Å². The van der Waals surface area contributed by atoms with Crippen molar-refractivity contribution >= 4 is 5.91 Å². The van der Waals surface area contributed by atoms with Gasteiger partial charge < -0.3 is 15.8 Å². The first kappa shape index (κ1) is 13.5. The van der Waals surface area contributed by atoms with Gasteiger partial charge in [0.2, 0.25) is 5.91 Å². The number of hydrogen-bond acceptors (Lipinski definition) is 3. The summed E-state index contributed by atoms with van der Waals surface area (Å²) in [6, 6.07) is 7.83. The summed E-state index contributed by atoms with van der Waals surface area (Å²) < 4.78 is 5.13. The van der Waals surface area contributed by atoms with Crippen LogP contribution in [0.25, 0.3) is 0 Å². The number of benzene rings is 1. The van der Waals surface area contributed by atoms with Gasteiger partial charge in [-0.05, 0) is 24.1 Å². The molecular weight excluding hydrogens is 216 g/mol. The van der Waals surface area contributed by atoms with E-state index >= 15 is 0 Å². The third-order valence-corrected chi connectivity index (χ3v) is 2.65. The zero-order valence-electron chi connectivity index (χ0n) is 10.4. The molecule has 1 unspecified atom stereocenters. The Kier molecular flexibility index (Phi) is 5.49. The monoisotopic (exact) mass is 236 g/mol. The standard InChI is InChI=1S/C13H20N2O2/c1-10(9-14)13(16)15-7-6-11-4-3-5-12(8-11)17-2/h3-5,8,10H,6-7,9,14H2,1-2H3,(H,15,16). The molecule has 3 N–H and O–H groups in total. The van der Waals surface area contributed by atoms with Crippen LogP contribution in [-0.2, 0) is 11.2 Å². The second kappa shape index (κ2) is 6.91. The van der Waals surface area contributed by atoms with Crippen LogP contribution in [0.2, 0.25) is 0 Å². The van der Waals surface area contributed by atoms with E-state index in [1.54, 1.807) is 7.11 Å². The van der Waals surface area contributed by atoms with Gasteiger partial charge >= 0.3 is 0 Å². The largest absolute Gasteiger partial charge is 0.497 e. The lowest BCUT2D eigenvalue weighted by atomic mass is 10.1. The van der Waals surface area contributed by atoms with Crippen LogP contribution < -0.4 is 15.8 Å². The maximum absolute atomic E-state index is 11.5. The van der Waals surface area contributed by atoms with Gasteiger partial charge in [0.1, 0.15) is 5.75 Å². The van der Waals surface area contributed by atoms with Crippen molar-refractivity contribution in [2.75, 3.05) is 20.2 Å². The van der Waals surface area contributed by atoms with E-state index in [0.29, 0.717) is 13.1 Å². The lowest BCUT2D eigenvalue weighted by molar-refractivity contribution is -0.124. The summed E-state index contributed by atoms with van der Waals surface area (Å²) in [6.07, 6.45) is 0.792. The number of rotatable bonds is 6. The number of carbonyl (C=O) groups is 1. The van der Waals surface area contributed by atoms with Crippen molar-refractivity contribution in [1.29, 1.82) is 0 Å². The first-order valence-electron chi connectivity index (χ1n) is 5.78. The minimum absolute atomic E-state index is 0.00963. The molecule has 0 bridgehead atoms. The summed E-state index contributed by atoms with van der Waals surface area (Å²) in [7, 11) is 1.64. The minimum Gasteiger partial charge on any atom is -0.497 e. The molecule has 0 saturated carbocycles. The number of nitrogens with two attached hydrogens (primary N) is 1. The topological polar surface area (TPSA) is 64.3 Å². The molecule has 17 heavy (non-hydrogen) atoms. The van der Waals surface area contributed by atoms with Gasteiger partial charge in [0, 0.05) is 19.0 Å². The van der Waals surface area contributed by atoms with Crippen LogP contribution in [-0.4, -0.2) is 26.1 Å². The summed E-state index contributed by atoms with van der Waals surface area (Å²) in [4.78, 5) is 11.5. The fraction of sp³-hybridized carbons (Fsp3) is 0.462. The van der Waals surface area contributed by atoms with Crippen LogP contribution in [0.1, 0.15) is 12.5 Å². The Bertz CT molecular complexity index is 366. The fourth-order valence-corrected chi connectivity index (χ4v) is 1.44. The predicted molar refractivity (Wildman–Crippen MR) is 67.9 cm³/mol. The van der Waals surface area contributed by atoms with E-state index < -0.39 is 0 Å². The van der Waals surface area contributed by atoms with Crippen molar-refractivity contribution in [2.45, 2.75) is 13.3 Å². The van der Waals surface area contributed by atoms with Gasteiger partial charge in [0.25, 0.3) is 0 Å². The molecule has 1 aromatic carbocycles. The molecule has 0 saturated heterocycles. The molecule has 0 aliphatic rings. The third-order valence-electron chi connectivity index (χ3n) is 2.65. The average Bonchev–Trinajstić information content (AvgIpc) is 2.37. The molecule has 0 aliphatic carbocycles. The molecular formula is C13H20N2O2. The molecule has 1 amide bonds. The second-order valence-corrected chi connectivity index (χ2v) is 4.03. The summed E-state index contributed by atoms with van der Waals surface area (Å²) in [6.45, 7) is 2.82. The maximum Gasteiger partial charge on any atom is 0.224 e. The first-order valence-corrected chi connectivity index (χ1v) is 5.78. The van der Waals surface area contributed by atoms with Gasteiger partial charge in [0.15, 0.2) is 0 Å². The molecule has 4 nitrogen and oxygen atoms in total. The van der Waals surface area contributed by atoms with Crippen LogP contribution in [0.15, 0.2) is 24.3 Å². The number of hydrogen-bond donors (Lipinski definition) is 2. The first-order chi connectivity index (χ1) is 8.17. The summed E-state index contributed by atoms with van der Waals surface area (Å²) in [5.74, 6) is 0.722. The normalized spacial score (nSPS) is 11.9. The SMILES string of the molecule is COc1cccc(CCNC(=O)C(C)CN)c1. The van der Waals surface area contributed by atoms with Crippen molar-refractivity contribution in [1.82, 2.24) is 5.32 Å². The van der Waals surface area contributed by atoms with Gasteiger partial charge in [0.05, 0.1) is 7.11 Å². The van der Waals surface area contributed by atoms with E-state index in [4.69, 9.17) is 10.5 Å². The molecule has 1 aromatic rings. The highest BCUT2D eigenvalue weighted by Crippen LogP contribution is 2.12. The van der Waals surface area contributed by atoms with Crippen LogP contribution in [0.3, 0.4) is 0 Å². The lowest BCUT2D eigenvalue weighted by Gasteiger charge is -2.10. The highest BCUT2D eigenvalue weighted by Gasteiger charge is 2.09. The Balaban J connectivity index is 2.37. The zero-order chi connectivity index (χ0) is 12.7. The molecule has 1 atom stereocenters. The molecule has 0 radical (unpaired) electrons. The number of ether oxygens (including phenoxy) is 1. The zero-order valence-corrected chi connectivity index (χ0v) is 10.4. The molecule has 0 spiro atoms. The smallest absolute Gasteiger partial charge is 0.224 e. The van der Waals surface area contributed by atoms with Gasteiger partial charge in [-0.25, -0.2) is 0 Å². The molecule has 4 heteroatoms. The Morgan fingerprint density at radius 2 is 2.29 bits per heavy atom. The van der Waals surface area contributed by atoms with Crippen molar-refractivity contribution in [3.05, 3.63) is 29.8 Å². The van der Waals surface area contributed by atoms with Crippen LogP contribution in [0, 0.1) is 5.92 Å². The second-order valence-electron chi connectivity index (χ2n) is 4.03. The van der Waals surface area contributed by atoms with Crippen LogP contribution >= 0.6 is 0 Å². The highest BCUT2D eigenvalue weighted by atomic mass is 16.5. The van der Waals surface area contributed by atoms with E-state index in [0.717, 1.165) is 17.7 Å². The predicted octanol–water partition coefficient (Wildman–Crippen LogP) is 0.949. The van der Waals surface area contributed by atoms with Gasteiger partial charge in [-0.15, -0.1) is 0 Å². The molecule has 0 aromatic heterocycles. The number of nitrogens with one attached hydrogen (secondary N) is 1. The number of carbonyl (C=O) groups excluding carboxylic acids is 1. The fourth-order valence-electron chi connectivity index (χ4n) is 1.44. The maximum atomic E-state index is 11.5. The van der Waals surface area contributed by atoms with Crippen molar-refractivity contribution in [2.24, 2.45) is 11.7 Å². The quantitative estimate of drug-likeness (QED) is 0.773. The lowest BCUT2D eigenvalue weighted by Crippen LogP contribution is -2.34. The van der Waals surface area contributed by atoms with E-state index in [1.807, 2.05) is 31.2 Å². The Labute approximate surface area is 102 Å². The summed E-state index contributed by atoms with van der Waals surface area (Å²) >= 11 is 0. The van der Waals surface area contributed by atoms with Gasteiger partial charge in [-0.2, -0.15) is 0 Å². The highest BCUT2D eigenvalue weighted by molar-refractivity contribution is 5.78. The Morgan fingerprint density at radius 3 is 2.94 bits per heavy atom. The number of methoxy groups -OCH3 is 1. The molecule has 0 heterocycles. The van der Waals surface area contributed by atoms with Gasteiger partial charge in [-0.3, -0.25) is 4.79 Å².